The van der Waals surface area contributed by atoms with Crippen LogP contribution in [0, 0.1) is 11.6 Å². The minimum atomic E-state index is -0.580. The first-order valence-corrected chi connectivity index (χ1v) is 21.0. The summed E-state index contributed by atoms with van der Waals surface area (Å²) in [6.07, 6.45) is 8.90. The third-order valence-electron chi connectivity index (χ3n) is 12.8. The molecule has 5 heterocycles. The van der Waals surface area contributed by atoms with E-state index in [-0.39, 0.29) is 36.4 Å². The topological polar surface area (TPSA) is 151 Å². The zero-order valence-corrected chi connectivity index (χ0v) is 36.5. The lowest BCUT2D eigenvalue weighted by Gasteiger charge is -2.34. The molecule has 7 aromatic rings. The standard InChI is InChI=1S/C26H24FN5O3.C21H20FN3O2.2ClH/c1-34-24-28-13-18(14-29-24)17-6-7-20-21(12-17)31-23(30-20)16-8-10-26(11-9-16)15-32(25(33)35-26)22-5-3-2-4-19(22)27;22-15-5-1-4-8-18(15)25-13-21(27-20(25)26)11-9-14(10-12-21)19-23-16-6-2-3-7-17(16)24-19;;/h2-7,12-14,16H,8-11,15H2,1H3,(H,30,31);1-8,14H,9-13H2,(H,23,24);2*1H. The number of ether oxygens (including phenoxy) is 3. The van der Waals surface area contributed by atoms with E-state index in [9.17, 15) is 18.4 Å². The minimum absolute atomic E-state index is 0. The number of hydrogen-bond donors (Lipinski definition) is 2. The summed E-state index contributed by atoms with van der Waals surface area (Å²) in [6.45, 7) is 0.770. The monoisotopic (exact) mass is 910 g/mol. The predicted octanol–water partition coefficient (Wildman–Crippen LogP) is 10.8. The molecule has 4 fully saturated rings. The van der Waals surface area contributed by atoms with Crippen LogP contribution in [0.1, 0.15) is 74.9 Å². The van der Waals surface area contributed by atoms with Crippen molar-refractivity contribution in [2.75, 3.05) is 30.0 Å². The number of methoxy groups -OCH3 is 1. The van der Waals surface area contributed by atoms with Crippen molar-refractivity contribution in [3.63, 3.8) is 0 Å². The molecule has 0 radical (unpaired) electrons. The van der Waals surface area contributed by atoms with Gasteiger partial charge in [0.15, 0.2) is 0 Å². The van der Waals surface area contributed by atoms with E-state index < -0.39 is 35.0 Å². The fourth-order valence-corrected chi connectivity index (χ4v) is 9.45. The van der Waals surface area contributed by atoms with Gasteiger partial charge in [-0.25, -0.2) is 38.3 Å². The first-order valence-electron chi connectivity index (χ1n) is 21.0. The van der Waals surface area contributed by atoms with Gasteiger partial charge < -0.3 is 24.2 Å². The van der Waals surface area contributed by atoms with Gasteiger partial charge in [-0.15, -0.1) is 24.8 Å². The molecule has 2 spiro atoms. The average molecular weight is 912 g/mol. The molecule has 332 valence electrons. The Morgan fingerprint density at radius 3 is 1.59 bits per heavy atom. The fraction of sp³-hybridized carbons (Fsp3) is 0.319. The van der Waals surface area contributed by atoms with Crippen LogP contribution in [0.2, 0.25) is 0 Å². The van der Waals surface area contributed by atoms with Crippen LogP contribution in [0.3, 0.4) is 0 Å². The van der Waals surface area contributed by atoms with Crippen LogP contribution in [-0.2, 0) is 9.47 Å². The summed E-state index contributed by atoms with van der Waals surface area (Å²) in [6, 6.07) is 27.0. The van der Waals surface area contributed by atoms with Crippen LogP contribution in [0.25, 0.3) is 33.2 Å². The van der Waals surface area contributed by atoms with E-state index in [4.69, 9.17) is 24.2 Å². The molecule has 0 unspecified atom stereocenters. The summed E-state index contributed by atoms with van der Waals surface area (Å²) in [5, 5.41) is 0. The number of H-pyrrole nitrogens is 2. The number of carbonyl (C=O) groups excluding carboxylic acids is 2. The van der Waals surface area contributed by atoms with Gasteiger partial charge in [0.2, 0.25) is 0 Å². The number of amides is 2. The summed E-state index contributed by atoms with van der Waals surface area (Å²) in [7, 11) is 1.54. The molecule has 2 amide bonds. The summed E-state index contributed by atoms with van der Waals surface area (Å²) < 4.78 is 44.9. The molecule has 4 aliphatic rings. The fourth-order valence-electron chi connectivity index (χ4n) is 9.45. The third-order valence-corrected chi connectivity index (χ3v) is 12.8. The van der Waals surface area contributed by atoms with E-state index in [1.54, 1.807) is 48.8 Å². The number of nitrogens with one attached hydrogen (secondary N) is 2. The molecular weight excluding hydrogens is 865 g/mol. The number of imidazole rings is 2. The Bertz CT molecular complexity index is 2760. The maximum absolute atomic E-state index is 14.3. The number of aromatic amines is 2. The number of hydrogen-bond acceptors (Lipinski definition) is 9. The minimum Gasteiger partial charge on any atom is -0.467 e. The molecule has 2 saturated heterocycles. The number of fused-ring (bicyclic) bond motifs is 2. The second kappa shape index (κ2) is 18.0. The van der Waals surface area contributed by atoms with E-state index in [1.165, 1.54) is 29.0 Å². The SMILES string of the molecule is COc1ncc(-c2ccc3nc(C4CCC5(CC4)CN(c4ccccc4F)C(=O)O5)[nH]c3c2)cn1.Cl.Cl.O=C1OC2(CCC(c3nc4ccccc4[nH]3)CC2)CN1c1ccccc1F. The smallest absolute Gasteiger partial charge is 0.415 e. The van der Waals surface area contributed by atoms with Gasteiger partial charge >= 0.3 is 18.2 Å². The molecule has 64 heavy (non-hydrogen) atoms. The number of aromatic nitrogens is 6. The maximum atomic E-state index is 14.3. The van der Waals surface area contributed by atoms with Gasteiger partial charge in [-0.3, -0.25) is 9.80 Å². The Morgan fingerprint density at radius 1 is 0.625 bits per heavy atom. The van der Waals surface area contributed by atoms with Gasteiger partial charge in [-0.05, 0) is 105 Å². The molecule has 2 aliphatic heterocycles. The number of anilines is 2. The van der Waals surface area contributed by atoms with Gasteiger partial charge in [-0.1, -0.05) is 42.5 Å². The molecule has 2 aliphatic carbocycles. The van der Waals surface area contributed by atoms with E-state index >= 15 is 0 Å². The molecule has 17 heteroatoms. The Labute approximate surface area is 379 Å². The zero-order chi connectivity index (χ0) is 42.4. The van der Waals surface area contributed by atoms with Crippen molar-refractivity contribution in [1.82, 2.24) is 29.9 Å². The van der Waals surface area contributed by atoms with Crippen LogP contribution in [0.4, 0.5) is 29.7 Å². The van der Waals surface area contributed by atoms with Gasteiger partial charge in [-0.2, -0.15) is 0 Å². The van der Waals surface area contributed by atoms with Crippen molar-refractivity contribution in [2.45, 2.75) is 74.4 Å². The number of carbonyl (C=O) groups is 2. The van der Waals surface area contributed by atoms with E-state index in [0.29, 0.717) is 43.5 Å². The molecule has 13 nitrogen and oxygen atoms in total. The van der Waals surface area contributed by atoms with Crippen LogP contribution in [0.5, 0.6) is 6.01 Å². The number of para-hydroxylation sites is 4. The van der Waals surface area contributed by atoms with Crippen LogP contribution < -0.4 is 14.5 Å². The van der Waals surface area contributed by atoms with Gasteiger partial charge in [0.05, 0.1) is 53.6 Å². The highest BCUT2D eigenvalue weighted by molar-refractivity contribution is 5.91. The van der Waals surface area contributed by atoms with Crippen molar-refractivity contribution in [3.8, 4) is 17.1 Å². The third kappa shape index (κ3) is 8.53. The van der Waals surface area contributed by atoms with Gasteiger partial charge in [0.25, 0.3) is 0 Å². The quantitative estimate of drug-likeness (QED) is 0.166. The lowest BCUT2D eigenvalue weighted by Crippen LogP contribution is -2.38. The molecule has 3 aromatic heterocycles. The summed E-state index contributed by atoms with van der Waals surface area (Å²) in [5.74, 6) is 1.68. The highest BCUT2D eigenvalue weighted by atomic mass is 35.5. The van der Waals surface area contributed by atoms with Gasteiger partial charge in [0, 0.05) is 29.8 Å². The Hall–Kier alpha value is -6.32. The normalized spacial score (nSPS) is 22.7. The molecule has 0 bridgehead atoms. The van der Waals surface area contributed by atoms with Crippen molar-refractivity contribution >= 4 is 70.4 Å². The van der Waals surface area contributed by atoms with E-state index in [1.807, 2.05) is 42.5 Å². The molecule has 4 aromatic carbocycles. The lowest BCUT2D eigenvalue weighted by atomic mass is 9.78. The van der Waals surface area contributed by atoms with E-state index in [0.717, 1.165) is 83.4 Å². The Morgan fingerprint density at radius 2 is 1.09 bits per heavy atom. The van der Waals surface area contributed by atoms with E-state index in [2.05, 4.69) is 19.9 Å². The Balaban J connectivity index is 0.000000175. The summed E-state index contributed by atoms with van der Waals surface area (Å²) in [5.41, 5.74) is 5.21. The second-order valence-corrected chi connectivity index (χ2v) is 16.7. The van der Waals surface area contributed by atoms with Gasteiger partial charge in [0.1, 0.15) is 34.5 Å². The molecule has 11 rings (SSSR count). The van der Waals surface area contributed by atoms with Crippen LogP contribution in [-0.4, -0.2) is 73.5 Å². The van der Waals surface area contributed by atoms with Crippen molar-refractivity contribution in [3.05, 3.63) is 127 Å². The number of benzene rings is 4. The van der Waals surface area contributed by atoms with Crippen LogP contribution >= 0.6 is 24.8 Å². The Kier molecular flexibility index (Phi) is 12.5. The van der Waals surface area contributed by atoms with Crippen molar-refractivity contribution < 1.29 is 32.6 Å². The van der Waals surface area contributed by atoms with Crippen molar-refractivity contribution in [1.29, 1.82) is 0 Å². The number of nitrogens with zero attached hydrogens (tertiary/aromatic N) is 6. The summed E-state index contributed by atoms with van der Waals surface area (Å²) >= 11 is 0. The molecule has 2 saturated carbocycles. The summed E-state index contributed by atoms with van der Waals surface area (Å²) in [4.78, 5) is 52.6. The second-order valence-electron chi connectivity index (χ2n) is 16.7. The predicted molar refractivity (Wildman–Crippen MR) is 243 cm³/mol. The molecular formula is C47H46Cl2F2N8O5. The molecule has 2 N–H and O–H groups in total. The number of rotatable bonds is 6. The highest BCUT2D eigenvalue weighted by Gasteiger charge is 2.50. The number of halogens is 4. The first-order chi connectivity index (χ1) is 30.2. The average Bonchev–Trinajstić information content (AvgIpc) is 4.08. The maximum Gasteiger partial charge on any atom is 0.415 e. The first kappa shape index (κ1) is 44.3. The lowest BCUT2D eigenvalue weighted by molar-refractivity contribution is 0.0202. The largest absolute Gasteiger partial charge is 0.467 e. The zero-order valence-electron chi connectivity index (χ0n) is 34.8. The van der Waals surface area contributed by atoms with Crippen LogP contribution in [0.15, 0.2) is 103 Å². The van der Waals surface area contributed by atoms with Crippen molar-refractivity contribution in [2.24, 2.45) is 0 Å². The highest BCUT2D eigenvalue weighted by Crippen LogP contribution is 2.45. The molecule has 0 atom stereocenters.